The van der Waals surface area contributed by atoms with Gasteiger partial charge in [0, 0.05) is 43.8 Å². The van der Waals surface area contributed by atoms with Crippen LogP contribution in [0.1, 0.15) is 24.2 Å². The summed E-state index contributed by atoms with van der Waals surface area (Å²) in [6.07, 6.45) is 5.12. The summed E-state index contributed by atoms with van der Waals surface area (Å²) >= 11 is 0. The lowest BCUT2D eigenvalue weighted by Crippen LogP contribution is -2.38. The Hall–Kier alpha value is -5.59. The highest BCUT2D eigenvalue weighted by Gasteiger charge is 2.21. The second-order valence-electron chi connectivity index (χ2n) is 9.77. The van der Waals surface area contributed by atoms with Crippen LogP contribution in [0.4, 0.5) is 17.3 Å². The van der Waals surface area contributed by atoms with E-state index in [0.717, 1.165) is 43.7 Å². The number of rotatable bonds is 6. The molecule has 0 aliphatic carbocycles. The fraction of sp³-hybridized carbons (Fsp3) is 0.207. The van der Waals surface area contributed by atoms with Crippen LogP contribution < -0.4 is 16.6 Å². The van der Waals surface area contributed by atoms with Gasteiger partial charge in [0.25, 0.3) is 11.2 Å². The largest absolute Gasteiger partial charge is 0.383 e. The van der Waals surface area contributed by atoms with E-state index in [4.69, 9.17) is 22.6 Å². The number of nitrogens with two attached hydrogens (primary N) is 1. The molecule has 5 heterocycles. The van der Waals surface area contributed by atoms with Gasteiger partial charge in [0.2, 0.25) is 5.82 Å². The fourth-order valence-corrected chi connectivity index (χ4v) is 5.09. The Morgan fingerprint density at radius 1 is 1.12 bits per heavy atom. The van der Waals surface area contributed by atoms with E-state index in [1.54, 1.807) is 24.5 Å². The summed E-state index contributed by atoms with van der Waals surface area (Å²) in [7, 11) is 0. The molecule has 4 N–H and O–H groups in total. The molecule has 202 valence electrons. The maximum Gasteiger partial charge on any atom is 0.255 e. The second kappa shape index (κ2) is 10.9. The number of piperidine rings is 1. The smallest absolute Gasteiger partial charge is 0.255 e. The number of hydrogen-bond donors (Lipinski definition) is 3. The zero-order valence-electron chi connectivity index (χ0n) is 21.9. The van der Waals surface area contributed by atoms with Gasteiger partial charge in [-0.3, -0.25) is 14.3 Å². The Kier molecular flexibility index (Phi) is 6.81. The lowest BCUT2D eigenvalue weighted by atomic mass is 10.0. The van der Waals surface area contributed by atoms with Gasteiger partial charge in [-0.05, 0) is 54.8 Å². The lowest BCUT2D eigenvalue weighted by molar-refractivity contribution is 0.211. The van der Waals surface area contributed by atoms with Gasteiger partial charge in [-0.2, -0.15) is 5.26 Å². The van der Waals surface area contributed by atoms with Crippen molar-refractivity contribution in [3.63, 3.8) is 0 Å². The predicted molar refractivity (Wildman–Crippen MR) is 154 cm³/mol. The van der Waals surface area contributed by atoms with Crippen molar-refractivity contribution in [1.29, 1.82) is 5.26 Å². The van der Waals surface area contributed by atoms with Gasteiger partial charge in [-0.25, -0.2) is 24.8 Å². The quantitative estimate of drug-likeness (QED) is 0.272. The summed E-state index contributed by atoms with van der Waals surface area (Å²) in [5.41, 5.74) is 9.24. The summed E-state index contributed by atoms with van der Waals surface area (Å²) in [5, 5.41) is 12.4. The number of benzene rings is 1. The fourth-order valence-electron chi connectivity index (χ4n) is 5.09. The maximum atomic E-state index is 12.5. The molecule has 1 aliphatic heterocycles. The molecular weight excluding hydrogens is 518 g/mol. The number of fused-ring (bicyclic) bond motifs is 1. The summed E-state index contributed by atoms with van der Waals surface area (Å²) in [4.78, 5) is 38.1. The minimum Gasteiger partial charge on any atom is -0.383 e. The second-order valence-corrected chi connectivity index (χ2v) is 9.77. The molecule has 0 bridgehead atoms. The number of anilines is 2. The van der Waals surface area contributed by atoms with Crippen molar-refractivity contribution < 1.29 is 0 Å². The van der Waals surface area contributed by atoms with Crippen molar-refractivity contribution in [2.75, 3.05) is 24.1 Å². The Bertz CT molecular complexity index is 1870. The molecule has 0 amide bonds. The van der Waals surface area contributed by atoms with E-state index in [2.05, 4.69) is 47.1 Å². The molecule has 12 nitrogen and oxygen atoms in total. The van der Waals surface area contributed by atoms with Crippen LogP contribution in [0.25, 0.3) is 33.1 Å². The van der Waals surface area contributed by atoms with E-state index in [1.807, 2.05) is 28.8 Å². The van der Waals surface area contributed by atoms with Gasteiger partial charge in [-0.1, -0.05) is 12.1 Å². The summed E-state index contributed by atoms with van der Waals surface area (Å²) in [6.45, 7) is 9.96. The number of pyridine rings is 2. The Morgan fingerprint density at radius 3 is 2.66 bits per heavy atom. The van der Waals surface area contributed by atoms with Gasteiger partial charge < -0.3 is 16.0 Å². The van der Waals surface area contributed by atoms with E-state index in [9.17, 15) is 4.79 Å². The molecule has 1 fully saturated rings. The third-order valence-corrected chi connectivity index (χ3v) is 7.14. The summed E-state index contributed by atoms with van der Waals surface area (Å²) in [5.74, 6) is 1.68. The molecule has 0 saturated carbocycles. The normalized spacial score (nSPS) is 14.0. The molecule has 1 saturated heterocycles. The van der Waals surface area contributed by atoms with Crippen molar-refractivity contribution in [1.82, 2.24) is 34.4 Å². The van der Waals surface area contributed by atoms with Crippen LogP contribution in [0.5, 0.6) is 0 Å². The van der Waals surface area contributed by atoms with Gasteiger partial charge in [-0.15, -0.1) is 0 Å². The van der Waals surface area contributed by atoms with Gasteiger partial charge in [0.1, 0.15) is 23.4 Å². The molecule has 0 unspecified atom stereocenters. The van der Waals surface area contributed by atoms with Crippen LogP contribution in [0.3, 0.4) is 0 Å². The zero-order valence-corrected chi connectivity index (χ0v) is 21.9. The van der Waals surface area contributed by atoms with Crippen LogP contribution >= 0.6 is 0 Å². The number of imidazole rings is 1. The molecule has 0 atom stereocenters. The molecule has 0 spiro atoms. The van der Waals surface area contributed by atoms with Gasteiger partial charge >= 0.3 is 0 Å². The van der Waals surface area contributed by atoms with E-state index in [0.29, 0.717) is 34.2 Å². The van der Waals surface area contributed by atoms with Crippen molar-refractivity contribution in [2.45, 2.75) is 25.4 Å². The number of hydrogen-bond acceptors (Lipinski definition) is 9. The first kappa shape index (κ1) is 25.7. The first-order valence-electron chi connectivity index (χ1n) is 13.1. The van der Waals surface area contributed by atoms with Crippen LogP contribution in [0, 0.1) is 17.9 Å². The van der Waals surface area contributed by atoms with Crippen molar-refractivity contribution >= 4 is 28.5 Å². The van der Waals surface area contributed by atoms with Crippen molar-refractivity contribution in [2.24, 2.45) is 0 Å². The molecule has 1 aliphatic rings. The highest BCUT2D eigenvalue weighted by Crippen LogP contribution is 2.31. The van der Waals surface area contributed by atoms with Gasteiger partial charge in [0.05, 0.1) is 17.7 Å². The molecule has 1 aromatic carbocycles. The number of H-pyrrole nitrogens is 1. The third-order valence-electron chi connectivity index (χ3n) is 7.14. The number of aromatic nitrogens is 6. The number of nitrogens with zero attached hydrogens (tertiary/aromatic N) is 8. The van der Waals surface area contributed by atoms with E-state index < -0.39 is 5.56 Å². The maximum absolute atomic E-state index is 12.5. The van der Waals surface area contributed by atoms with Crippen LogP contribution in [-0.4, -0.2) is 53.5 Å². The molecule has 6 rings (SSSR count). The first-order chi connectivity index (χ1) is 20.0. The topological polar surface area (TPSA) is 159 Å². The Balaban J connectivity index is 1.21. The summed E-state index contributed by atoms with van der Waals surface area (Å²) in [6, 6.07) is 17.3. The van der Waals surface area contributed by atoms with Crippen molar-refractivity contribution in [3.8, 4) is 23.1 Å². The average Bonchev–Trinajstić information content (AvgIpc) is 3.36. The average molecular weight is 544 g/mol. The standard InChI is InChI=1S/C29H25N11O/c1-32-23-15-22-28(38-29(23)41)40(27(36-22)21-3-2-11-34-26(21)31)20-6-4-18(5-7-20)17-39-13-9-19(10-14-39)35-24-8-12-33-25(16-30)37-24/h2-8,11-12,15,19H,9-10,13-14,17H2,(H2,31,34)(H,38,41)(H,33,35,37). The molecule has 4 aromatic heterocycles. The number of nitrogens with one attached hydrogen (secondary N) is 2. The monoisotopic (exact) mass is 543 g/mol. The predicted octanol–water partition coefficient (Wildman–Crippen LogP) is 3.65. The van der Waals surface area contributed by atoms with Crippen LogP contribution in [0.2, 0.25) is 0 Å². The molecule has 5 aromatic rings. The highest BCUT2D eigenvalue weighted by molar-refractivity contribution is 5.84. The number of nitrogen functional groups attached to an aromatic ring is 1. The molecule has 12 heteroatoms. The Labute approximate surface area is 235 Å². The number of aromatic amines is 1. The first-order valence-corrected chi connectivity index (χ1v) is 13.1. The minimum absolute atomic E-state index is 0.0221. The SMILES string of the molecule is [C-]#[N+]c1cc2nc(-c3cccnc3N)n(-c3ccc(CN4CCC(Nc5ccnc(C#N)n5)CC4)cc3)c2[nH]c1=O. The van der Waals surface area contributed by atoms with Crippen molar-refractivity contribution in [3.05, 3.63) is 94.1 Å². The summed E-state index contributed by atoms with van der Waals surface area (Å²) < 4.78 is 1.84. The van der Waals surface area contributed by atoms with E-state index >= 15 is 0 Å². The molecular formula is C29H25N11O. The number of likely N-dealkylation sites (tertiary alicyclic amines) is 1. The minimum atomic E-state index is -0.473. The molecule has 41 heavy (non-hydrogen) atoms. The molecule has 0 radical (unpaired) electrons. The van der Waals surface area contributed by atoms with Crippen LogP contribution in [-0.2, 0) is 6.54 Å². The third kappa shape index (κ3) is 5.20. The van der Waals surface area contributed by atoms with Crippen LogP contribution in [0.15, 0.2) is 65.7 Å². The number of nitriles is 1. The lowest BCUT2D eigenvalue weighted by Gasteiger charge is -2.32. The zero-order chi connectivity index (χ0) is 28.3. The van der Waals surface area contributed by atoms with Gasteiger partial charge in [0.15, 0.2) is 5.82 Å². The Morgan fingerprint density at radius 2 is 1.93 bits per heavy atom. The highest BCUT2D eigenvalue weighted by atomic mass is 16.1. The van der Waals surface area contributed by atoms with E-state index in [-0.39, 0.29) is 17.6 Å². The van der Waals surface area contributed by atoms with E-state index in [1.165, 1.54) is 6.07 Å².